The lowest BCUT2D eigenvalue weighted by Gasteiger charge is -2.15. The van der Waals surface area contributed by atoms with Crippen molar-refractivity contribution in [3.05, 3.63) is 35.4 Å². The van der Waals surface area contributed by atoms with Crippen molar-refractivity contribution in [3.63, 3.8) is 0 Å². The van der Waals surface area contributed by atoms with Gasteiger partial charge in [-0.15, -0.1) is 0 Å². The Morgan fingerprint density at radius 3 is 2.22 bits per heavy atom. The molecule has 0 aliphatic rings. The van der Waals surface area contributed by atoms with Crippen LogP contribution < -0.4 is 0 Å². The number of rotatable bonds is 5. The molecule has 0 spiro atoms. The predicted molar refractivity (Wildman–Crippen MR) is 67.0 cm³/mol. The van der Waals surface area contributed by atoms with Gasteiger partial charge in [-0.3, -0.25) is 0 Å². The quantitative estimate of drug-likeness (QED) is 0.822. The topological polar surface area (TPSA) is 46.5 Å². The molecular formula is C14H19FO3. The van der Waals surface area contributed by atoms with Crippen LogP contribution in [0.1, 0.15) is 43.9 Å². The molecule has 0 saturated heterocycles. The van der Waals surface area contributed by atoms with Gasteiger partial charge in [0.1, 0.15) is 6.10 Å². The van der Waals surface area contributed by atoms with Gasteiger partial charge in [0.05, 0.1) is 6.61 Å². The number of aliphatic hydroxyl groups is 1. The van der Waals surface area contributed by atoms with Gasteiger partial charge in [0.25, 0.3) is 0 Å². The van der Waals surface area contributed by atoms with Gasteiger partial charge < -0.3 is 9.84 Å². The van der Waals surface area contributed by atoms with Gasteiger partial charge in [-0.2, -0.15) is 0 Å². The fourth-order valence-corrected chi connectivity index (χ4v) is 1.60. The monoisotopic (exact) mass is 254 g/mol. The third-order valence-electron chi connectivity index (χ3n) is 2.73. The zero-order valence-corrected chi connectivity index (χ0v) is 10.9. The summed E-state index contributed by atoms with van der Waals surface area (Å²) in [4.78, 5) is 11.2. The predicted octanol–water partition coefficient (Wildman–Crippen LogP) is 2.74. The molecule has 0 radical (unpaired) electrons. The number of halogens is 1. The summed E-state index contributed by atoms with van der Waals surface area (Å²) in [6.07, 6.45) is -3.53. The van der Waals surface area contributed by atoms with Crippen molar-refractivity contribution in [1.82, 2.24) is 0 Å². The molecule has 2 atom stereocenters. The van der Waals surface area contributed by atoms with Crippen molar-refractivity contribution < 1.29 is 19.0 Å². The molecule has 2 unspecified atom stereocenters. The van der Waals surface area contributed by atoms with Gasteiger partial charge in [-0.1, -0.05) is 38.1 Å². The minimum Gasteiger partial charge on any atom is -0.464 e. The lowest BCUT2D eigenvalue weighted by Crippen LogP contribution is -2.26. The molecule has 0 aromatic heterocycles. The summed E-state index contributed by atoms with van der Waals surface area (Å²) in [7, 11) is 0. The highest BCUT2D eigenvalue weighted by atomic mass is 19.1. The van der Waals surface area contributed by atoms with E-state index in [0.717, 1.165) is 5.56 Å². The first-order valence-corrected chi connectivity index (χ1v) is 6.06. The van der Waals surface area contributed by atoms with Crippen LogP contribution in [0, 0.1) is 0 Å². The van der Waals surface area contributed by atoms with E-state index in [0.29, 0.717) is 11.5 Å². The van der Waals surface area contributed by atoms with Crippen LogP contribution in [-0.2, 0) is 9.53 Å². The van der Waals surface area contributed by atoms with Gasteiger partial charge in [-0.25, -0.2) is 9.18 Å². The third kappa shape index (κ3) is 3.53. The number of carbonyl (C=O) groups is 1. The van der Waals surface area contributed by atoms with E-state index < -0.39 is 18.2 Å². The van der Waals surface area contributed by atoms with Crippen molar-refractivity contribution in [1.29, 1.82) is 0 Å². The van der Waals surface area contributed by atoms with Crippen molar-refractivity contribution in [2.24, 2.45) is 0 Å². The Labute approximate surface area is 107 Å². The van der Waals surface area contributed by atoms with Crippen LogP contribution in [0.25, 0.3) is 0 Å². The van der Waals surface area contributed by atoms with E-state index in [1.54, 1.807) is 19.1 Å². The van der Waals surface area contributed by atoms with E-state index in [9.17, 15) is 14.3 Å². The molecule has 1 N–H and O–H groups in total. The Balaban J connectivity index is 2.77. The normalized spacial score (nSPS) is 14.3. The second-order valence-electron chi connectivity index (χ2n) is 4.42. The van der Waals surface area contributed by atoms with Crippen LogP contribution >= 0.6 is 0 Å². The van der Waals surface area contributed by atoms with Crippen LogP contribution in [0.4, 0.5) is 4.39 Å². The molecule has 0 aliphatic heterocycles. The average Bonchev–Trinajstić information content (AvgIpc) is 2.37. The molecule has 4 heteroatoms. The summed E-state index contributed by atoms with van der Waals surface area (Å²) in [5, 5.41) is 9.74. The maximum absolute atomic E-state index is 13.6. The molecule has 0 amide bonds. The SMILES string of the molecule is CCOC(=O)C(F)C(O)c1ccc(C(C)C)cc1. The van der Waals surface area contributed by atoms with E-state index in [4.69, 9.17) is 0 Å². The number of aliphatic hydroxyl groups excluding tert-OH is 1. The first-order chi connectivity index (χ1) is 8.47. The molecule has 1 rings (SSSR count). The molecule has 1 aromatic carbocycles. The standard InChI is InChI=1S/C14H19FO3/c1-4-18-14(17)12(15)13(16)11-7-5-10(6-8-11)9(2)3/h5-9,12-13,16H,4H2,1-3H3. The highest BCUT2D eigenvalue weighted by Crippen LogP contribution is 2.23. The number of carbonyl (C=O) groups excluding carboxylic acids is 1. The number of esters is 1. The Kier molecular flexibility index (Phi) is 5.28. The summed E-state index contributed by atoms with van der Waals surface area (Å²) in [6, 6.07) is 6.90. The smallest absolute Gasteiger partial charge is 0.343 e. The number of ether oxygens (including phenoxy) is 1. The molecular weight excluding hydrogens is 235 g/mol. The molecule has 0 heterocycles. The summed E-state index contributed by atoms with van der Waals surface area (Å²) < 4.78 is 18.1. The van der Waals surface area contributed by atoms with Crippen molar-refractivity contribution in [2.75, 3.05) is 6.61 Å². The van der Waals surface area contributed by atoms with E-state index in [-0.39, 0.29) is 6.61 Å². The molecule has 3 nitrogen and oxygen atoms in total. The lowest BCUT2D eigenvalue weighted by atomic mass is 9.98. The average molecular weight is 254 g/mol. The summed E-state index contributed by atoms with van der Waals surface area (Å²) >= 11 is 0. The highest BCUT2D eigenvalue weighted by Gasteiger charge is 2.28. The van der Waals surface area contributed by atoms with E-state index >= 15 is 0 Å². The number of benzene rings is 1. The van der Waals surface area contributed by atoms with Crippen LogP contribution in [0.2, 0.25) is 0 Å². The number of hydrogen-bond donors (Lipinski definition) is 1. The fraction of sp³-hybridized carbons (Fsp3) is 0.500. The number of hydrogen-bond acceptors (Lipinski definition) is 3. The second-order valence-corrected chi connectivity index (χ2v) is 4.42. The van der Waals surface area contributed by atoms with E-state index in [1.807, 2.05) is 26.0 Å². The maximum Gasteiger partial charge on any atom is 0.343 e. The fourth-order valence-electron chi connectivity index (χ4n) is 1.60. The molecule has 18 heavy (non-hydrogen) atoms. The highest BCUT2D eigenvalue weighted by molar-refractivity contribution is 5.75. The Bertz CT molecular complexity index is 387. The van der Waals surface area contributed by atoms with E-state index in [2.05, 4.69) is 4.74 Å². The Morgan fingerprint density at radius 2 is 1.78 bits per heavy atom. The van der Waals surface area contributed by atoms with Crippen LogP contribution in [0.15, 0.2) is 24.3 Å². The van der Waals surface area contributed by atoms with Crippen LogP contribution in [-0.4, -0.2) is 23.9 Å². The molecule has 0 saturated carbocycles. The zero-order chi connectivity index (χ0) is 13.7. The second kappa shape index (κ2) is 6.50. The molecule has 1 aromatic rings. The van der Waals surface area contributed by atoms with Crippen molar-refractivity contribution in [2.45, 2.75) is 39.0 Å². The van der Waals surface area contributed by atoms with Gasteiger partial charge in [0, 0.05) is 0 Å². The molecule has 0 aliphatic carbocycles. The Morgan fingerprint density at radius 1 is 1.28 bits per heavy atom. The number of alkyl halides is 1. The minimum atomic E-state index is -2.05. The summed E-state index contributed by atoms with van der Waals surface area (Å²) in [5.41, 5.74) is 1.47. The molecule has 0 bridgehead atoms. The van der Waals surface area contributed by atoms with Crippen molar-refractivity contribution in [3.8, 4) is 0 Å². The summed E-state index contributed by atoms with van der Waals surface area (Å²) in [5.74, 6) is -0.666. The lowest BCUT2D eigenvalue weighted by molar-refractivity contribution is -0.153. The van der Waals surface area contributed by atoms with Crippen molar-refractivity contribution >= 4 is 5.97 Å². The van der Waals surface area contributed by atoms with Gasteiger partial charge in [-0.05, 0) is 24.0 Å². The van der Waals surface area contributed by atoms with Crippen LogP contribution in [0.5, 0.6) is 0 Å². The zero-order valence-electron chi connectivity index (χ0n) is 10.9. The largest absolute Gasteiger partial charge is 0.464 e. The van der Waals surface area contributed by atoms with E-state index in [1.165, 1.54) is 0 Å². The summed E-state index contributed by atoms with van der Waals surface area (Å²) in [6.45, 7) is 5.77. The minimum absolute atomic E-state index is 0.0955. The first kappa shape index (κ1) is 14.6. The third-order valence-corrected chi connectivity index (χ3v) is 2.73. The Hall–Kier alpha value is -1.42. The van der Waals surface area contributed by atoms with Gasteiger partial charge in [0.2, 0.25) is 6.17 Å². The van der Waals surface area contributed by atoms with Gasteiger partial charge >= 0.3 is 5.97 Å². The molecule has 0 fully saturated rings. The first-order valence-electron chi connectivity index (χ1n) is 6.06. The maximum atomic E-state index is 13.6. The van der Waals surface area contributed by atoms with Gasteiger partial charge in [0.15, 0.2) is 0 Å². The van der Waals surface area contributed by atoms with Crippen LogP contribution in [0.3, 0.4) is 0 Å². The molecule has 100 valence electrons.